The van der Waals surface area contributed by atoms with Crippen LogP contribution < -0.4 is 5.32 Å². The topological polar surface area (TPSA) is 110 Å². The molecule has 0 saturated heterocycles. The Morgan fingerprint density at radius 2 is 1.43 bits per heavy atom. The number of carbonyl (C=O) groups excluding carboxylic acids is 5. The molecule has 0 radical (unpaired) electrons. The smallest absolute Gasteiger partial charge is 0.285 e. The van der Waals surface area contributed by atoms with Gasteiger partial charge in [0, 0.05) is 5.56 Å². The summed E-state index contributed by atoms with van der Waals surface area (Å²) in [5, 5.41) is 2.69. The average molecular weight is 378 g/mol. The van der Waals surface area contributed by atoms with Crippen molar-refractivity contribution in [2.24, 2.45) is 0 Å². The van der Waals surface area contributed by atoms with Gasteiger partial charge >= 0.3 is 0 Å². The van der Waals surface area contributed by atoms with Crippen molar-refractivity contribution in [2.75, 3.05) is 0 Å². The number of nitrogens with one attached hydrogen (secondary N) is 1. The van der Waals surface area contributed by atoms with E-state index < -0.39 is 35.0 Å². The van der Waals surface area contributed by atoms with E-state index in [-0.39, 0.29) is 27.8 Å². The van der Waals surface area contributed by atoms with Crippen molar-refractivity contribution >= 4 is 29.4 Å². The SMILES string of the molecule is CC(C)(ON1C(=O)c2ccccc2C1=O)C(=O)c1cccc2c1C(=O)NC2=O. The zero-order valence-electron chi connectivity index (χ0n) is 14.9. The van der Waals surface area contributed by atoms with Crippen LogP contribution in [0.15, 0.2) is 42.5 Å². The van der Waals surface area contributed by atoms with E-state index in [1.54, 1.807) is 12.1 Å². The Labute approximate surface area is 159 Å². The van der Waals surface area contributed by atoms with Gasteiger partial charge < -0.3 is 0 Å². The summed E-state index contributed by atoms with van der Waals surface area (Å²) in [5.74, 6) is -3.26. The third-order valence-corrected chi connectivity index (χ3v) is 4.63. The molecule has 8 heteroatoms. The summed E-state index contributed by atoms with van der Waals surface area (Å²) < 4.78 is 0. The number of hydrogen-bond acceptors (Lipinski definition) is 6. The van der Waals surface area contributed by atoms with E-state index in [1.165, 1.54) is 44.2 Å². The van der Waals surface area contributed by atoms with Gasteiger partial charge in [0.2, 0.25) is 0 Å². The summed E-state index contributed by atoms with van der Waals surface area (Å²) in [5.41, 5.74) is -1.27. The Balaban J connectivity index is 1.67. The van der Waals surface area contributed by atoms with Crippen molar-refractivity contribution in [1.29, 1.82) is 0 Å². The zero-order valence-corrected chi connectivity index (χ0v) is 14.9. The lowest BCUT2D eigenvalue weighted by molar-refractivity contribution is -0.152. The highest BCUT2D eigenvalue weighted by Crippen LogP contribution is 2.29. The van der Waals surface area contributed by atoms with Crippen LogP contribution in [0.3, 0.4) is 0 Å². The Hall–Kier alpha value is -3.65. The molecule has 0 aromatic heterocycles. The molecule has 140 valence electrons. The van der Waals surface area contributed by atoms with Crippen LogP contribution in [0, 0.1) is 0 Å². The van der Waals surface area contributed by atoms with E-state index in [1.807, 2.05) is 0 Å². The molecule has 2 aromatic rings. The number of Topliss-reactive ketones (excluding diaryl/α,β-unsaturated/α-hetero) is 1. The summed E-state index contributed by atoms with van der Waals surface area (Å²) in [6.07, 6.45) is 0. The lowest BCUT2D eigenvalue weighted by Gasteiger charge is -2.27. The first-order valence-electron chi connectivity index (χ1n) is 8.43. The fraction of sp³-hybridized carbons (Fsp3) is 0.150. The first-order valence-corrected chi connectivity index (χ1v) is 8.43. The second-order valence-electron chi connectivity index (χ2n) is 6.89. The van der Waals surface area contributed by atoms with E-state index in [0.29, 0.717) is 5.06 Å². The molecule has 2 aromatic carbocycles. The minimum atomic E-state index is -1.66. The number of fused-ring (bicyclic) bond motifs is 2. The summed E-state index contributed by atoms with van der Waals surface area (Å²) in [7, 11) is 0. The molecule has 28 heavy (non-hydrogen) atoms. The minimum absolute atomic E-state index is 0.0255. The van der Waals surface area contributed by atoms with Crippen molar-refractivity contribution in [2.45, 2.75) is 19.4 Å². The van der Waals surface area contributed by atoms with Crippen LogP contribution in [-0.2, 0) is 4.84 Å². The third kappa shape index (κ3) is 2.46. The number of ketones is 1. The lowest BCUT2D eigenvalue weighted by atomic mass is 9.91. The van der Waals surface area contributed by atoms with Gasteiger partial charge in [0.15, 0.2) is 11.4 Å². The van der Waals surface area contributed by atoms with Crippen LogP contribution >= 0.6 is 0 Å². The van der Waals surface area contributed by atoms with E-state index in [9.17, 15) is 24.0 Å². The molecule has 4 rings (SSSR count). The van der Waals surface area contributed by atoms with Crippen molar-refractivity contribution in [3.63, 3.8) is 0 Å². The van der Waals surface area contributed by atoms with Crippen molar-refractivity contribution in [3.8, 4) is 0 Å². The summed E-state index contributed by atoms with van der Waals surface area (Å²) >= 11 is 0. The van der Waals surface area contributed by atoms with Crippen LogP contribution in [0.25, 0.3) is 0 Å². The van der Waals surface area contributed by atoms with Crippen molar-refractivity contribution in [3.05, 3.63) is 70.3 Å². The maximum atomic E-state index is 13.1. The molecule has 2 heterocycles. The van der Waals surface area contributed by atoms with E-state index >= 15 is 0 Å². The first-order chi connectivity index (χ1) is 13.2. The first kappa shape index (κ1) is 17.7. The Morgan fingerprint density at radius 1 is 0.857 bits per heavy atom. The molecule has 0 aliphatic carbocycles. The quantitative estimate of drug-likeness (QED) is 0.641. The third-order valence-electron chi connectivity index (χ3n) is 4.63. The fourth-order valence-electron chi connectivity index (χ4n) is 3.25. The summed E-state index contributed by atoms with van der Waals surface area (Å²) in [4.78, 5) is 67.5. The number of imide groups is 2. The highest BCUT2D eigenvalue weighted by atomic mass is 16.7. The number of hydroxylamine groups is 2. The number of hydrogen-bond donors (Lipinski definition) is 1. The summed E-state index contributed by atoms with van der Waals surface area (Å²) in [6, 6.07) is 10.5. The van der Waals surface area contributed by atoms with Gasteiger partial charge in [-0.1, -0.05) is 24.3 Å². The predicted octanol–water partition coefficient (Wildman–Crippen LogP) is 1.76. The van der Waals surface area contributed by atoms with Crippen LogP contribution in [0.2, 0.25) is 0 Å². The molecular formula is C20H14N2O6. The minimum Gasteiger partial charge on any atom is -0.291 e. The Bertz CT molecular complexity index is 1070. The highest BCUT2D eigenvalue weighted by Gasteiger charge is 2.44. The normalized spacial score (nSPS) is 15.6. The predicted molar refractivity (Wildman–Crippen MR) is 94.7 cm³/mol. The maximum Gasteiger partial charge on any atom is 0.285 e. The molecule has 8 nitrogen and oxygen atoms in total. The number of nitrogens with zero attached hydrogens (tertiary/aromatic N) is 1. The van der Waals surface area contributed by atoms with E-state index in [2.05, 4.69) is 5.32 Å². The van der Waals surface area contributed by atoms with Crippen molar-refractivity contribution < 1.29 is 28.8 Å². The zero-order chi connectivity index (χ0) is 20.2. The van der Waals surface area contributed by atoms with Crippen LogP contribution in [0.4, 0.5) is 0 Å². The van der Waals surface area contributed by atoms with Crippen molar-refractivity contribution in [1.82, 2.24) is 10.4 Å². The van der Waals surface area contributed by atoms with Gasteiger partial charge in [0.05, 0.1) is 22.3 Å². The van der Waals surface area contributed by atoms with Gasteiger partial charge in [-0.25, -0.2) is 4.84 Å². The molecule has 0 saturated carbocycles. The van der Waals surface area contributed by atoms with E-state index in [4.69, 9.17) is 4.84 Å². The fourth-order valence-corrected chi connectivity index (χ4v) is 3.25. The van der Waals surface area contributed by atoms with Gasteiger partial charge in [-0.05, 0) is 32.0 Å². The molecule has 1 N–H and O–H groups in total. The van der Waals surface area contributed by atoms with E-state index in [0.717, 1.165) is 0 Å². The second-order valence-corrected chi connectivity index (χ2v) is 6.89. The molecule has 4 amide bonds. The summed E-state index contributed by atoms with van der Waals surface area (Å²) in [6.45, 7) is 2.76. The molecule has 0 unspecified atom stereocenters. The molecule has 0 atom stereocenters. The van der Waals surface area contributed by atoms with Gasteiger partial charge in [-0.2, -0.15) is 0 Å². The van der Waals surface area contributed by atoms with Gasteiger partial charge in [-0.15, -0.1) is 5.06 Å². The number of rotatable bonds is 4. The lowest BCUT2D eigenvalue weighted by Crippen LogP contribution is -2.45. The van der Waals surface area contributed by atoms with Gasteiger partial charge in [0.25, 0.3) is 23.6 Å². The monoisotopic (exact) mass is 378 g/mol. The van der Waals surface area contributed by atoms with Crippen LogP contribution in [0.1, 0.15) is 65.6 Å². The number of amides is 4. The molecule has 2 aliphatic rings. The van der Waals surface area contributed by atoms with Gasteiger partial charge in [0.1, 0.15) is 0 Å². The Morgan fingerprint density at radius 3 is 2.04 bits per heavy atom. The Kier molecular flexibility index (Phi) is 3.76. The largest absolute Gasteiger partial charge is 0.291 e. The molecule has 0 bridgehead atoms. The standard InChI is InChI=1S/C20H14N2O6/c1-20(2,28-22-18(26)10-6-3-4-7-11(10)19(22)27)15(23)12-8-5-9-13-14(12)17(25)21-16(13)24/h3-9H,1-2H3,(H,21,24,25). The average Bonchev–Trinajstić information content (AvgIpc) is 3.10. The highest BCUT2D eigenvalue weighted by molar-refractivity contribution is 6.26. The maximum absolute atomic E-state index is 13.1. The molecule has 0 fully saturated rings. The second kappa shape index (κ2) is 5.93. The van der Waals surface area contributed by atoms with Crippen LogP contribution in [-0.4, -0.2) is 40.1 Å². The molecule has 2 aliphatic heterocycles. The van der Waals surface area contributed by atoms with Gasteiger partial charge in [-0.3, -0.25) is 29.3 Å². The molecular weight excluding hydrogens is 364 g/mol. The molecule has 0 spiro atoms. The van der Waals surface area contributed by atoms with Crippen LogP contribution in [0.5, 0.6) is 0 Å². The number of benzene rings is 2. The number of carbonyl (C=O) groups is 5.